The van der Waals surface area contributed by atoms with Crippen LogP contribution in [-0.4, -0.2) is 17.6 Å². The molecule has 122 valence electrons. The molecule has 0 aliphatic carbocycles. The van der Waals surface area contributed by atoms with Crippen LogP contribution < -0.4 is 5.32 Å². The van der Waals surface area contributed by atoms with Gasteiger partial charge >= 0.3 is 0 Å². The molecule has 1 amide bonds. The lowest BCUT2D eigenvalue weighted by Crippen LogP contribution is -2.28. The number of amides is 1. The average Bonchev–Trinajstić information content (AvgIpc) is 2.54. The van der Waals surface area contributed by atoms with Crippen molar-refractivity contribution in [2.45, 2.75) is 25.4 Å². The summed E-state index contributed by atoms with van der Waals surface area (Å²) in [5, 5.41) is 13.3. The Kier molecular flexibility index (Phi) is 6.56. The van der Waals surface area contributed by atoms with Crippen molar-refractivity contribution in [3.63, 3.8) is 0 Å². The molecule has 3 nitrogen and oxygen atoms in total. The molecule has 2 aromatic rings. The molecule has 0 spiro atoms. The summed E-state index contributed by atoms with van der Waals surface area (Å²) in [5.74, 6) is -0.537. The van der Waals surface area contributed by atoms with Gasteiger partial charge in [-0.15, -0.1) is 0 Å². The van der Waals surface area contributed by atoms with Crippen LogP contribution in [0.25, 0.3) is 0 Å². The van der Waals surface area contributed by atoms with E-state index >= 15 is 0 Å². The van der Waals surface area contributed by atoms with Crippen LogP contribution in [0.2, 0.25) is 5.02 Å². The number of benzene rings is 2. The van der Waals surface area contributed by atoms with Crippen LogP contribution in [0, 0.1) is 5.82 Å². The Morgan fingerprint density at radius 3 is 2.65 bits per heavy atom. The lowest BCUT2D eigenvalue weighted by molar-refractivity contribution is -0.121. The Hall–Kier alpha value is -1.91. The minimum atomic E-state index is -0.911. The van der Waals surface area contributed by atoms with E-state index in [0.717, 1.165) is 12.0 Å². The molecular formula is C18H19ClFNO2. The fraction of sp³-hybridized carbons (Fsp3) is 0.278. The third-order valence-corrected chi connectivity index (χ3v) is 3.76. The van der Waals surface area contributed by atoms with Gasteiger partial charge in [0.05, 0.1) is 6.10 Å². The van der Waals surface area contributed by atoms with Gasteiger partial charge < -0.3 is 10.4 Å². The van der Waals surface area contributed by atoms with Crippen molar-refractivity contribution in [3.05, 3.63) is 70.5 Å². The van der Waals surface area contributed by atoms with Crippen molar-refractivity contribution >= 4 is 17.5 Å². The number of carbonyl (C=O) groups is 1. The molecule has 23 heavy (non-hydrogen) atoms. The smallest absolute Gasteiger partial charge is 0.220 e. The van der Waals surface area contributed by atoms with Crippen molar-refractivity contribution in [3.8, 4) is 0 Å². The summed E-state index contributed by atoms with van der Waals surface area (Å²) < 4.78 is 13.1. The van der Waals surface area contributed by atoms with Gasteiger partial charge in [0.1, 0.15) is 5.82 Å². The highest BCUT2D eigenvalue weighted by Crippen LogP contribution is 2.14. The maximum absolute atomic E-state index is 13.1. The molecule has 2 N–H and O–H groups in total. The maximum Gasteiger partial charge on any atom is 0.220 e. The predicted octanol–water partition coefficient (Wildman–Crippen LogP) is 3.65. The highest BCUT2D eigenvalue weighted by molar-refractivity contribution is 6.30. The summed E-state index contributed by atoms with van der Waals surface area (Å²) in [7, 11) is 0. The fourth-order valence-corrected chi connectivity index (χ4v) is 2.36. The zero-order valence-electron chi connectivity index (χ0n) is 12.6. The van der Waals surface area contributed by atoms with E-state index in [0.29, 0.717) is 23.4 Å². The molecule has 2 rings (SSSR count). The van der Waals surface area contributed by atoms with Gasteiger partial charge in [-0.1, -0.05) is 35.9 Å². The van der Waals surface area contributed by atoms with E-state index in [1.807, 2.05) is 24.3 Å². The Labute approximate surface area is 140 Å². The Morgan fingerprint density at radius 2 is 1.96 bits per heavy atom. The normalized spacial score (nSPS) is 12.0. The van der Waals surface area contributed by atoms with Crippen LogP contribution >= 0.6 is 11.6 Å². The number of carbonyl (C=O) groups excluding carboxylic acids is 1. The summed E-state index contributed by atoms with van der Waals surface area (Å²) in [6.45, 7) is 0.0727. The molecule has 0 fully saturated rings. The van der Waals surface area contributed by atoms with Crippen molar-refractivity contribution in [1.29, 1.82) is 0 Å². The largest absolute Gasteiger partial charge is 0.387 e. The zero-order valence-corrected chi connectivity index (χ0v) is 13.4. The molecule has 0 heterocycles. The maximum atomic E-state index is 13.1. The van der Waals surface area contributed by atoms with Crippen molar-refractivity contribution in [2.75, 3.05) is 6.54 Å². The van der Waals surface area contributed by atoms with E-state index in [2.05, 4.69) is 5.32 Å². The number of halogens is 2. The van der Waals surface area contributed by atoms with Gasteiger partial charge in [-0.2, -0.15) is 0 Å². The molecule has 0 saturated heterocycles. The first-order valence-electron chi connectivity index (χ1n) is 7.49. The molecule has 0 aromatic heterocycles. The number of aliphatic hydroxyl groups excluding tert-OH is 1. The van der Waals surface area contributed by atoms with Crippen LogP contribution in [-0.2, 0) is 11.2 Å². The number of hydrogen-bond acceptors (Lipinski definition) is 2. The first kappa shape index (κ1) is 17.4. The molecular weight excluding hydrogens is 317 g/mol. The van der Waals surface area contributed by atoms with Crippen LogP contribution in [0.5, 0.6) is 0 Å². The zero-order chi connectivity index (χ0) is 16.7. The molecule has 1 atom stereocenters. The summed E-state index contributed by atoms with van der Waals surface area (Å²) in [5.41, 5.74) is 1.58. The van der Waals surface area contributed by atoms with Crippen LogP contribution in [0.4, 0.5) is 4.39 Å². The first-order valence-corrected chi connectivity index (χ1v) is 7.87. The molecule has 0 bridgehead atoms. The third-order valence-electron chi connectivity index (χ3n) is 3.51. The summed E-state index contributed by atoms with van der Waals surface area (Å²) >= 11 is 5.82. The van der Waals surface area contributed by atoms with Crippen molar-refractivity contribution in [1.82, 2.24) is 5.32 Å². The topological polar surface area (TPSA) is 49.3 Å². The molecule has 0 aliphatic heterocycles. The highest BCUT2D eigenvalue weighted by atomic mass is 35.5. The monoisotopic (exact) mass is 335 g/mol. The average molecular weight is 336 g/mol. The molecule has 5 heteroatoms. The van der Waals surface area contributed by atoms with Gasteiger partial charge in [-0.05, 0) is 48.2 Å². The second-order valence-corrected chi connectivity index (χ2v) is 5.79. The third kappa shape index (κ3) is 6.00. The Balaban J connectivity index is 1.69. The first-order chi connectivity index (χ1) is 11.0. The number of aliphatic hydroxyl groups is 1. The molecule has 0 radical (unpaired) electrons. The highest BCUT2D eigenvalue weighted by Gasteiger charge is 2.10. The van der Waals surface area contributed by atoms with Crippen molar-refractivity contribution in [2.24, 2.45) is 0 Å². The fourth-order valence-electron chi connectivity index (χ4n) is 2.23. The number of rotatable bonds is 7. The second-order valence-electron chi connectivity index (χ2n) is 5.35. The molecule has 1 unspecified atom stereocenters. The van der Waals surface area contributed by atoms with E-state index in [9.17, 15) is 14.3 Å². The summed E-state index contributed by atoms with van der Waals surface area (Å²) in [6, 6.07) is 13.3. The standard InChI is InChI=1S/C18H19ClFNO2/c19-15-9-7-13(8-10-15)3-1-6-18(23)21-12-17(22)14-4-2-5-16(20)11-14/h2,4-5,7-11,17,22H,1,3,6,12H2,(H,21,23). The Morgan fingerprint density at radius 1 is 1.22 bits per heavy atom. The van der Waals surface area contributed by atoms with Crippen LogP contribution in [0.3, 0.4) is 0 Å². The second kappa shape index (κ2) is 8.65. The van der Waals surface area contributed by atoms with Gasteiger partial charge in [-0.25, -0.2) is 4.39 Å². The minimum absolute atomic E-state index is 0.0727. The van der Waals surface area contributed by atoms with E-state index in [1.54, 1.807) is 6.07 Å². The number of nitrogens with one attached hydrogen (secondary N) is 1. The van der Waals surface area contributed by atoms with Crippen molar-refractivity contribution < 1.29 is 14.3 Å². The van der Waals surface area contributed by atoms with E-state index in [1.165, 1.54) is 18.2 Å². The number of aryl methyl sites for hydroxylation is 1. The van der Waals surface area contributed by atoms with Crippen LogP contribution in [0.1, 0.15) is 30.1 Å². The number of hydrogen-bond donors (Lipinski definition) is 2. The van der Waals surface area contributed by atoms with Gasteiger partial charge in [-0.3, -0.25) is 4.79 Å². The SMILES string of the molecule is O=C(CCCc1ccc(Cl)cc1)NCC(O)c1cccc(F)c1. The molecule has 0 saturated carbocycles. The van der Waals surface area contributed by atoms with E-state index < -0.39 is 11.9 Å². The van der Waals surface area contributed by atoms with E-state index in [4.69, 9.17) is 11.6 Å². The Bertz CT molecular complexity index is 646. The summed E-state index contributed by atoms with van der Waals surface area (Å²) in [4.78, 5) is 11.8. The van der Waals surface area contributed by atoms with Gasteiger partial charge in [0.2, 0.25) is 5.91 Å². The van der Waals surface area contributed by atoms with Crippen LogP contribution in [0.15, 0.2) is 48.5 Å². The van der Waals surface area contributed by atoms with E-state index in [-0.39, 0.29) is 12.5 Å². The lowest BCUT2D eigenvalue weighted by Gasteiger charge is -2.12. The quantitative estimate of drug-likeness (QED) is 0.811. The summed E-state index contributed by atoms with van der Waals surface area (Å²) in [6.07, 6.45) is 0.963. The predicted molar refractivity (Wildman–Crippen MR) is 88.8 cm³/mol. The molecule has 0 aliphatic rings. The van der Waals surface area contributed by atoms with Gasteiger partial charge in [0.15, 0.2) is 0 Å². The van der Waals surface area contributed by atoms with Gasteiger partial charge in [0.25, 0.3) is 0 Å². The van der Waals surface area contributed by atoms with Gasteiger partial charge in [0, 0.05) is 18.0 Å². The molecule has 2 aromatic carbocycles. The lowest BCUT2D eigenvalue weighted by atomic mass is 10.1. The minimum Gasteiger partial charge on any atom is -0.387 e.